The normalized spacial score (nSPS) is 16.2. The minimum Gasteiger partial charge on any atom is -0.340 e. The lowest BCUT2D eigenvalue weighted by Gasteiger charge is -2.26. The number of rotatable bonds is 5. The van der Waals surface area contributed by atoms with E-state index >= 15 is 0 Å². The van der Waals surface area contributed by atoms with Gasteiger partial charge in [0.05, 0.1) is 17.4 Å². The topological polar surface area (TPSA) is 89.7 Å². The van der Waals surface area contributed by atoms with Crippen LogP contribution in [0.15, 0.2) is 60.2 Å². The van der Waals surface area contributed by atoms with E-state index in [9.17, 15) is 4.79 Å². The van der Waals surface area contributed by atoms with Crippen molar-refractivity contribution in [3.8, 4) is 5.82 Å². The molecule has 1 aliphatic carbocycles. The fourth-order valence-corrected chi connectivity index (χ4v) is 5.19. The Morgan fingerprint density at radius 2 is 2.03 bits per heavy atom. The van der Waals surface area contributed by atoms with Crippen molar-refractivity contribution in [2.24, 2.45) is 0 Å². The molecule has 1 aromatic carbocycles. The predicted molar refractivity (Wildman–Crippen MR) is 142 cm³/mol. The van der Waals surface area contributed by atoms with Gasteiger partial charge >= 0.3 is 0 Å². The molecule has 6 rings (SSSR count). The number of hydrogen-bond donors (Lipinski definition) is 2. The van der Waals surface area contributed by atoms with E-state index in [1.54, 1.807) is 23.2 Å². The lowest BCUT2D eigenvalue weighted by Crippen LogP contribution is -2.33. The van der Waals surface area contributed by atoms with E-state index in [-0.39, 0.29) is 11.0 Å². The van der Waals surface area contributed by atoms with Crippen LogP contribution in [0, 0.1) is 0 Å². The molecule has 3 aromatic heterocycles. The second kappa shape index (κ2) is 8.13. The van der Waals surface area contributed by atoms with Crippen LogP contribution in [0.5, 0.6) is 0 Å². The first kappa shape index (κ1) is 22.7. The van der Waals surface area contributed by atoms with Gasteiger partial charge in [-0.05, 0) is 36.1 Å². The van der Waals surface area contributed by atoms with E-state index in [2.05, 4.69) is 66.2 Å². The second-order valence-corrected chi connectivity index (χ2v) is 10.9. The number of nitrogens with zero attached hydrogens (tertiary/aromatic N) is 5. The minimum absolute atomic E-state index is 0.130. The summed E-state index contributed by atoms with van der Waals surface area (Å²) < 4.78 is 3.48. The zero-order valence-electron chi connectivity index (χ0n) is 21.0. The fourth-order valence-electron chi connectivity index (χ4n) is 5.19. The van der Waals surface area contributed by atoms with Gasteiger partial charge in [0.1, 0.15) is 11.6 Å². The summed E-state index contributed by atoms with van der Waals surface area (Å²) in [6.45, 7) is 12.4. The molecule has 0 radical (unpaired) electrons. The van der Waals surface area contributed by atoms with Gasteiger partial charge in [0.25, 0.3) is 5.56 Å². The number of anilines is 2. The number of fused-ring (bicyclic) bond motifs is 3. The van der Waals surface area contributed by atoms with Crippen molar-refractivity contribution in [1.29, 1.82) is 0 Å². The first-order valence-corrected chi connectivity index (χ1v) is 12.5. The summed E-state index contributed by atoms with van der Waals surface area (Å²) in [6, 6.07) is 10.3. The molecule has 8 nitrogen and oxygen atoms in total. The van der Waals surface area contributed by atoms with Crippen molar-refractivity contribution < 1.29 is 0 Å². The monoisotopic (exact) mass is 481 g/mol. The van der Waals surface area contributed by atoms with Gasteiger partial charge in [0, 0.05) is 54.1 Å². The Kier molecular flexibility index (Phi) is 5.12. The van der Waals surface area contributed by atoms with E-state index in [1.165, 1.54) is 24.0 Å². The van der Waals surface area contributed by atoms with Gasteiger partial charge in [-0.15, -0.1) is 6.58 Å². The quantitative estimate of drug-likeness (QED) is 0.412. The van der Waals surface area contributed by atoms with Gasteiger partial charge in [-0.1, -0.05) is 32.9 Å². The van der Waals surface area contributed by atoms with Crippen LogP contribution in [0.4, 0.5) is 11.5 Å². The van der Waals surface area contributed by atoms with Gasteiger partial charge < -0.3 is 10.6 Å². The third-order valence-corrected chi connectivity index (χ3v) is 7.23. The predicted octanol–water partition coefficient (Wildman–Crippen LogP) is 4.34. The third-order valence-electron chi connectivity index (χ3n) is 7.23. The van der Waals surface area contributed by atoms with Gasteiger partial charge in [-0.25, -0.2) is 24.3 Å². The largest absolute Gasteiger partial charge is 0.340 e. The minimum atomic E-state index is -0.225. The Balaban J connectivity index is 1.43. The van der Waals surface area contributed by atoms with Crippen LogP contribution in [-0.4, -0.2) is 30.9 Å². The smallest absolute Gasteiger partial charge is 0.276 e. The number of pyridine rings is 1. The van der Waals surface area contributed by atoms with E-state index in [1.807, 2.05) is 16.8 Å². The van der Waals surface area contributed by atoms with Crippen molar-refractivity contribution >= 4 is 22.4 Å². The van der Waals surface area contributed by atoms with Crippen LogP contribution >= 0.6 is 0 Å². The molecule has 2 N–H and O–H groups in total. The molecular formula is C28H31N7O. The van der Waals surface area contributed by atoms with Crippen LogP contribution in [0.25, 0.3) is 16.7 Å². The standard InChI is InChI=1S/C28H31N7O/c1-5-12-34-25(36)20-16-31-23(14-22(20)35(34)24-8-11-30-26(33-24)27(2,3)4)32-19-6-7-21-18(13-19)15-29-17-28(21)9-10-28/h5-8,11,13-14,16,29H,1,9-10,12,15,17H2,2-4H3,(H,31,32). The maximum Gasteiger partial charge on any atom is 0.276 e. The number of benzene rings is 1. The van der Waals surface area contributed by atoms with E-state index < -0.39 is 0 Å². The van der Waals surface area contributed by atoms with E-state index in [0.29, 0.717) is 34.8 Å². The van der Waals surface area contributed by atoms with Crippen LogP contribution in [-0.2, 0) is 23.9 Å². The Bertz CT molecular complexity index is 1550. The summed E-state index contributed by atoms with van der Waals surface area (Å²) in [4.78, 5) is 27.1. The molecule has 2 aliphatic rings. The maximum absolute atomic E-state index is 13.3. The molecule has 0 atom stereocenters. The molecule has 0 bridgehead atoms. The van der Waals surface area contributed by atoms with Crippen LogP contribution < -0.4 is 16.2 Å². The highest BCUT2D eigenvalue weighted by molar-refractivity contribution is 5.82. The van der Waals surface area contributed by atoms with E-state index in [4.69, 9.17) is 4.98 Å². The third kappa shape index (κ3) is 3.73. The molecule has 0 amide bonds. The first-order chi connectivity index (χ1) is 17.3. The molecule has 1 aliphatic heterocycles. The Labute approximate surface area is 210 Å². The van der Waals surface area contributed by atoms with Crippen molar-refractivity contribution in [2.45, 2.75) is 57.5 Å². The second-order valence-electron chi connectivity index (χ2n) is 10.9. The summed E-state index contributed by atoms with van der Waals surface area (Å²) in [5.74, 6) is 2.01. The molecular weight excluding hydrogens is 450 g/mol. The SMILES string of the molecule is C=CCn1c(=O)c2cnc(Nc3ccc4c(c3)CNCC43CC3)cc2n1-c1ccnc(C(C)(C)C)n1. The lowest BCUT2D eigenvalue weighted by molar-refractivity contribution is 0.531. The molecule has 4 aromatic rings. The summed E-state index contributed by atoms with van der Waals surface area (Å²) in [5.41, 5.74) is 4.52. The van der Waals surface area contributed by atoms with Gasteiger partial charge in [0.15, 0.2) is 5.82 Å². The number of hydrogen-bond acceptors (Lipinski definition) is 6. The molecule has 36 heavy (non-hydrogen) atoms. The lowest BCUT2D eigenvalue weighted by atomic mass is 9.88. The van der Waals surface area contributed by atoms with Gasteiger partial charge in [-0.2, -0.15) is 0 Å². The molecule has 4 heterocycles. The molecule has 1 fully saturated rings. The van der Waals surface area contributed by atoms with Crippen LogP contribution in [0.3, 0.4) is 0 Å². The molecule has 1 saturated carbocycles. The molecule has 8 heteroatoms. The molecule has 0 unspecified atom stereocenters. The highest BCUT2D eigenvalue weighted by Gasteiger charge is 2.46. The van der Waals surface area contributed by atoms with Crippen molar-refractivity contribution in [3.05, 3.63) is 82.7 Å². The summed E-state index contributed by atoms with van der Waals surface area (Å²) in [6.07, 6.45) is 7.62. The number of aromatic nitrogens is 5. The van der Waals surface area contributed by atoms with Crippen molar-refractivity contribution in [3.63, 3.8) is 0 Å². The van der Waals surface area contributed by atoms with Crippen molar-refractivity contribution in [1.82, 2.24) is 29.6 Å². The summed E-state index contributed by atoms with van der Waals surface area (Å²) in [7, 11) is 0. The zero-order valence-corrected chi connectivity index (χ0v) is 21.0. The highest BCUT2D eigenvalue weighted by atomic mass is 16.1. The zero-order chi connectivity index (χ0) is 25.1. The highest BCUT2D eigenvalue weighted by Crippen LogP contribution is 2.50. The summed E-state index contributed by atoms with van der Waals surface area (Å²) in [5, 5.41) is 7.55. The van der Waals surface area contributed by atoms with Crippen LogP contribution in [0.2, 0.25) is 0 Å². The average molecular weight is 482 g/mol. The van der Waals surface area contributed by atoms with E-state index in [0.717, 1.165) is 24.3 Å². The van der Waals surface area contributed by atoms with Crippen molar-refractivity contribution in [2.75, 3.05) is 11.9 Å². The fraction of sp³-hybridized carbons (Fsp3) is 0.357. The number of allylic oxidation sites excluding steroid dienone is 1. The Hall–Kier alpha value is -3.78. The Morgan fingerprint density at radius 1 is 1.19 bits per heavy atom. The maximum atomic E-state index is 13.3. The first-order valence-electron chi connectivity index (χ1n) is 12.5. The molecule has 0 saturated heterocycles. The Morgan fingerprint density at radius 3 is 2.78 bits per heavy atom. The average Bonchev–Trinajstić information content (AvgIpc) is 3.57. The molecule has 184 valence electrons. The van der Waals surface area contributed by atoms with Gasteiger partial charge in [-0.3, -0.25) is 4.79 Å². The van der Waals surface area contributed by atoms with Gasteiger partial charge in [0.2, 0.25) is 0 Å². The number of nitrogens with one attached hydrogen (secondary N) is 2. The summed E-state index contributed by atoms with van der Waals surface area (Å²) >= 11 is 0. The van der Waals surface area contributed by atoms with Crippen LogP contribution in [0.1, 0.15) is 50.6 Å². The molecule has 1 spiro atoms.